The van der Waals surface area contributed by atoms with E-state index in [9.17, 15) is 74.1 Å². The molecule has 0 spiro atoms. The van der Waals surface area contributed by atoms with Crippen molar-refractivity contribution in [1.29, 1.82) is 0 Å². The summed E-state index contributed by atoms with van der Waals surface area (Å²) in [6, 6.07) is 6.67. The van der Waals surface area contributed by atoms with E-state index in [0.717, 1.165) is 75.3 Å². The van der Waals surface area contributed by atoms with Crippen molar-refractivity contribution in [2.75, 3.05) is 71.8 Å². The van der Waals surface area contributed by atoms with Gasteiger partial charge in [0.2, 0.25) is 11.8 Å². The number of carboxylic acid groups (broad SMARTS) is 1. The van der Waals surface area contributed by atoms with E-state index in [1.807, 2.05) is 0 Å². The topological polar surface area (TPSA) is 205 Å². The number of nitrogens with zero attached hydrogens (tertiary/aromatic N) is 2. The summed E-state index contributed by atoms with van der Waals surface area (Å²) >= 11 is 0. The Morgan fingerprint density at radius 1 is 0.561 bits per heavy atom. The van der Waals surface area contributed by atoms with Crippen LogP contribution >= 0.6 is 0 Å². The van der Waals surface area contributed by atoms with Crippen LogP contribution in [0.2, 0.25) is 0 Å². The molecule has 0 heterocycles. The highest BCUT2D eigenvalue weighted by Crippen LogP contribution is 2.42. The smallest absolute Gasteiger partial charge is 0.420 e. The minimum atomic E-state index is -4.93. The Balaban J connectivity index is 0.000000302. The summed E-state index contributed by atoms with van der Waals surface area (Å²) < 4.78 is 151. The number of aromatic hydroxyl groups is 1. The Bertz CT molecular complexity index is 2820. The number of ether oxygens (including phenoxy) is 6. The number of carbonyl (C=O) groups is 6. The van der Waals surface area contributed by atoms with E-state index in [2.05, 4.69) is 13.8 Å². The number of halogens is 9. The molecule has 25 heteroatoms. The third-order valence-electron chi connectivity index (χ3n) is 13.7. The highest BCUT2D eigenvalue weighted by Gasteiger charge is 2.40. The van der Waals surface area contributed by atoms with E-state index in [4.69, 9.17) is 28.4 Å². The average Bonchev–Trinajstić information content (AvgIpc) is 3.41. The lowest BCUT2D eigenvalue weighted by Crippen LogP contribution is -2.49. The number of rotatable bonds is 20. The van der Waals surface area contributed by atoms with Gasteiger partial charge in [0.15, 0.2) is 23.1 Å². The monoisotopic (exact) mass is 1170 g/mol. The maximum atomic E-state index is 15.6. The Morgan fingerprint density at radius 3 is 1.38 bits per heavy atom. The number of carbonyl (C=O) groups excluding carboxylic acids is 5. The maximum Gasteiger partial charge on any atom is 0.420 e. The number of hydrogen-bond donors (Lipinski definition) is 2. The molecule has 0 bridgehead atoms. The van der Waals surface area contributed by atoms with Crippen molar-refractivity contribution in [3.8, 4) is 17.2 Å². The van der Waals surface area contributed by atoms with Gasteiger partial charge in [0.1, 0.15) is 24.1 Å². The van der Waals surface area contributed by atoms with Gasteiger partial charge in [-0.05, 0) is 106 Å². The van der Waals surface area contributed by atoms with Gasteiger partial charge < -0.3 is 48.4 Å². The second-order valence-electron chi connectivity index (χ2n) is 19.7. The molecule has 2 N–H and O–H groups in total. The second-order valence-corrected chi connectivity index (χ2v) is 19.7. The molecule has 450 valence electrons. The van der Waals surface area contributed by atoms with Crippen molar-refractivity contribution in [3.63, 3.8) is 0 Å². The molecule has 0 unspecified atom stereocenters. The third kappa shape index (κ3) is 18.0. The summed E-state index contributed by atoms with van der Waals surface area (Å²) in [6.45, 7) is 4.38. The van der Waals surface area contributed by atoms with Crippen LogP contribution in [-0.4, -0.2) is 121 Å². The van der Waals surface area contributed by atoms with Gasteiger partial charge in [0.05, 0.1) is 79.2 Å². The van der Waals surface area contributed by atoms with Crippen LogP contribution in [0.25, 0.3) is 0 Å². The molecule has 0 saturated heterocycles. The molecule has 2 saturated carbocycles. The van der Waals surface area contributed by atoms with E-state index < -0.39 is 88.1 Å². The summed E-state index contributed by atoms with van der Waals surface area (Å²) in [5, 5.41) is 19.2. The molecular weight excluding hydrogens is 1110 g/mol. The Morgan fingerprint density at radius 2 is 0.976 bits per heavy atom. The molecule has 82 heavy (non-hydrogen) atoms. The first-order chi connectivity index (χ1) is 38.7. The molecule has 0 aliphatic heterocycles. The summed E-state index contributed by atoms with van der Waals surface area (Å²) in [4.78, 5) is 75.7. The lowest BCUT2D eigenvalue weighted by Gasteiger charge is -2.36. The van der Waals surface area contributed by atoms with Gasteiger partial charge >= 0.3 is 24.3 Å². The lowest BCUT2D eigenvalue weighted by atomic mass is 9.82. The zero-order valence-corrected chi connectivity index (χ0v) is 46.0. The second kappa shape index (κ2) is 30.8. The standard InChI is InChI=1S/C29H33F4NO7.C20H28FNO6.C8H4F4O/c1-17-5-8-19(9-6-17)27(36)34(20(15-38-2)16-39-3)24-13-23(30)26(12-21(24)28(37)40-4)41-25-10-7-18(14-35)11-22(25)29(31,32)33;1-12-4-6-13(7-5-12)19(24)22(14(10-27-2)11-28-3)17-9-16(21)18(23)8-15(17)20(25)26;9-7-2-1-5(4-13)3-6(7)8(10,11)12/h7,10-14,17,19-20H,5-6,8-9,15-16H2,1-4H3;8-9,12-14,23H,4-7,10-11H2,1-3H3,(H,25,26);1-4H. The van der Waals surface area contributed by atoms with Crippen molar-refractivity contribution >= 4 is 47.7 Å². The first-order valence-corrected chi connectivity index (χ1v) is 25.6. The van der Waals surface area contributed by atoms with Gasteiger partial charge in [0.25, 0.3) is 0 Å². The molecule has 2 amide bonds. The molecule has 0 atom stereocenters. The largest absolute Gasteiger partial charge is 0.505 e. The number of anilines is 2. The van der Waals surface area contributed by atoms with Gasteiger partial charge in [-0.25, -0.2) is 22.8 Å². The molecule has 4 aromatic carbocycles. The van der Waals surface area contributed by atoms with Crippen LogP contribution in [0.3, 0.4) is 0 Å². The van der Waals surface area contributed by atoms with Crippen molar-refractivity contribution in [2.45, 2.75) is 89.7 Å². The quantitative estimate of drug-likeness (QED) is 0.0480. The van der Waals surface area contributed by atoms with Crippen molar-refractivity contribution in [3.05, 3.63) is 111 Å². The fraction of sp³-hybridized carbons (Fsp3) is 0.474. The number of aromatic carboxylic acids is 1. The number of amides is 2. The van der Waals surface area contributed by atoms with Crippen molar-refractivity contribution in [1.82, 2.24) is 0 Å². The average molecular weight is 1170 g/mol. The van der Waals surface area contributed by atoms with E-state index in [0.29, 0.717) is 55.7 Å². The van der Waals surface area contributed by atoms with Crippen LogP contribution in [0.1, 0.15) is 118 Å². The van der Waals surface area contributed by atoms with Gasteiger partial charge in [-0.2, -0.15) is 26.3 Å². The first-order valence-electron chi connectivity index (χ1n) is 25.6. The van der Waals surface area contributed by atoms with E-state index >= 15 is 4.39 Å². The summed E-state index contributed by atoms with van der Waals surface area (Å²) in [5.74, 6) is -8.48. The Hall–Kier alpha value is -7.09. The predicted molar refractivity (Wildman–Crippen MR) is 279 cm³/mol. The number of alkyl halides is 6. The molecule has 16 nitrogen and oxygen atoms in total. The molecule has 2 aliphatic carbocycles. The molecule has 2 fully saturated rings. The lowest BCUT2D eigenvalue weighted by molar-refractivity contribution is -0.140. The van der Waals surface area contributed by atoms with Gasteiger partial charge in [0, 0.05) is 69.6 Å². The van der Waals surface area contributed by atoms with Crippen LogP contribution in [0.4, 0.5) is 50.9 Å². The zero-order chi connectivity index (χ0) is 61.2. The van der Waals surface area contributed by atoms with Crippen molar-refractivity contribution < 1.29 is 107 Å². The highest BCUT2D eigenvalue weighted by atomic mass is 19.4. The zero-order valence-electron chi connectivity index (χ0n) is 46.0. The van der Waals surface area contributed by atoms with E-state index in [1.54, 1.807) is 0 Å². The molecule has 0 aromatic heterocycles. The normalized spacial score (nSPS) is 17.1. The summed E-state index contributed by atoms with van der Waals surface area (Å²) in [5.41, 5.74) is -4.11. The highest BCUT2D eigenvalue weighted by molar-refractivity contribution is 6.05. The number of carboxylic acids is 1. The number of hydrogen-bond acceptors (Lipinski definition) is 13. The van der Waals surface area contributed by atoms with Crippen LogP contribution in [0, 0.1) is 41.1 Å². The maximum absolute atomic E-state index is 15.6. The fourth-order valence-electron chi connectivity index (χ4n) is 9.46. The fourth-order valence-corrected chi connectivity index (χ4v) is 9.46. The number of phenolic OH excluding ortho intramolecular Hbond substituents is 1. The Labute approximate surface area is 467 Å². The number of benzene rings is 4. The van der Waals surface area contributed by atoms with Crippen LogP contribution in [0.15, 0.2) is 60.7 Å². The van der Waals surface area contributed by atoms with Gasteiger partial charge in [-0.1, -0.05) is 13.8 Å². The number of aldehydes is 2. The van der Waals surface area contributed by atoms with E-state index in [-0.39, 0.29) is 90.4 Å². The number of phenols is 1. The summed E-state index contributed by atoms with van der Waals surface area (Å²) in [6.07, 6.45) is -3.22. The Kier molecular flexibility index (Phi) is 25.3. The van der Waals surface area contributed by atoms with Crippen LogP contribution in [0.5, 0.6) is 17.2 Å². The first kappa shape index (κ1) is 67.4. The molecule has 2 aliphatic rings. The minimum absolute atomic E-state index is 0.0127. The van der Waals surface area contributed by atoms with Crippen LogP contribution in [-0.2, 0) is 45.6 Å². The van der Waals surface area contributed by atoms with Gasteiger partial charge in [-0.3, -0.25) is 19.2 Å². The summed E-state index contributed by atoms with van der Waals surface area (Å²) in [7, 11) is 6.83. The third-order valence-corrected chi connectivity index (χ3v) is 13.7. The number of esters is 1. The van der Waals surface area contributed by atoms with E-state index in [1.165, 1.54) is 38.2 Å². The van der Waals surface area contributed by atoms with Gasteiger partial charge in [-0.15, -0.1) is 0 Å². The molecular formula is C57H65F9N2O14. The number of methoxy groups -OCH3 is 5. The minimum Gasteiger partial charge on any atom is -0.505 e. The molecule has 0 radical (unpaired) electrons. The SMILES string of the molecule is COCC(COC)N(C(=O)C1CCC(C)CC1)c1cc(F)c(O)cc1C(=O)O.COCC(COC)N(C(=O)C1CCC(C)CC1)c1cc(F)c(Oc2ccc(C=O)cc2C(F)(F)F)cc1C(=O)OC.O=Cc1ccc(F)c(C(F)(F)F)c1. The predicted octanol–water partition coefficient (Wildman–Crippen LogP) is 11.8. The molecule has 6 rings (SSSR count). The van der Waals surface area contributed by atoms with Crippen molar-refractivity contribution in [2.24, 2.45) is 23.7 Å². The molecule has 4 aromatic rings. The van der Waals surface area contributed by atoms with Crippen LogP contribution < -0.4 is 14.5 Å².